The van der Waals surface area contributed by atoms with Gasteiger partial charge < -0.3 is 23.7 Å². The van der Waals surface area contributed by atoms with Gasteiger partial charge in [-0.1, -0.05) is 23.7 Å². The molecule has 9 heteroatoms. The third kappa shape index (κ3) is 7.11. The molecular weight excluding hydrogens is 470 g/mol. The molecule has 4 rings (SSSR count). The number of hydrogen-bond acceptors (Lipinski definition) is 7. The van der Waals surface area contributed by atoms with Crippen molar-refractivity contribution in [2.75, 3.05) is 53.7 Å². The van der Waals surface area contributed by atoms with Crippen molar-refractivity contribution in [3.05, 3.63) is 71.5 Å². The highest BCUT2D eigenvalue weighted by atomic mass is 35.5. The summed E-state index contributed by atoms with van der Waals surface area (Å²) in [7, 11) is 3.36. The summed E-state index contributed by atoms with van der Waals surface area (Å²) in [5.41, 5.74) is 0.516. The number of halogens is 1. The molecule has 1 fully saturated rings. The molecule has 0 radical (unpaired) electrons. The molecule has 0 spiro atoms. The molecule has 1 atom stereocenters. The minimum atomic E-state index is -0.599. The smallest absolute Gasteiger partial charge is 0.161 e. The Morgan fingerprint density at radius 1 is 1.09 bits per heavy atom. The largest absolute Gasteiger partial charge is 0.493 e. The van der Waals surface area contributed by atoms with Gasteiger partial charge in [-0.15, -0.1) is 0 Å². The van der Waals surface area contributed by atoms with E-state index < -0.39 is 5.60 Å². The fraction of sp³-hybridized carbons (Fsp3) is 0.423. The van der Waals surface area contributed by atoms with Crippen molar-refractivity contribution >= 4 is 11.6 Å². The van der Waals surface area contributed by atoms with Gasteiger partial charge >= 0.3 is 0 Å². The zero-order valence-corrected chi connectivity index (χ0v) is 20.9. The number of ether oxygens (including phenoxy) is 5. The number of methoxy groups -OCH3 is 2. The van der Waals surface area contributed by atoms with E-state index >= 15 is 0 Å². The fourth-order valence-corrected chi connectivity index (χ4v) is 4.21. The van der Waals surface area contributed by atoms with Gasteiger partial charge in [-0.25, -0.2) is 0 Å². The van der Waals surface area contributed by atoms with Gasteiger partial charge in [-0.3, -0.25) is 9.58 Å². The quantitative estimate of drug-likeness (QED) is 0.394. The maximum Gasteiger partial charge on any atom is 0.161 e. The van der Waals surface area contributed by atoms with Crippen LogP contribution in [0.4, 0.5) is 0 Å². The number of hydrogen-bond donors (Lipinski definition) is 0. The third-order valence-electron chi connectivity index (χ3n) is 5.93. The maximum atomic E-state index is 6.09. The highest BCUT2D eigenvalue weighted by Crippen LogP contribution is 2.29. The topological polar surface area (TPSA) is 67.2 Å². The van der Waals surface area contributed by atoms with Crippen LogP contribution in [-0.4, -0.2) is 74.0 Å². The van der Waals surface area contributed by atoms with Gasteiger partial charge in [-0.2, -0.15) is 5.10 Å². The van der Waals surface area contributed by atoms with Crippen LogP contribution in [-0.2, 0) is 22.6 Å². The second kappa shape index (κ2) is 12.3. The van der Waals surface area contributed by atoms with Crippen LogP contribution in [0.25, 0.3) is 0 Å². The normalized spacial score (nSPS) is 18.7. The van der Waals surface area contributed by atoms with E-state index in [4.69, 9.17) is 35.3 Å². The molecule has 8 nitrogen and oxygen atoms in total. The van der Waals surface area contributed by atoms with Gasteiger partial charge in [0, 0.05) is 44.2 Å². The van der Waals surface area contributed by atoms with E-state index in [1.165, 1.54) is 0 Å². The van der Waals surface area contributed by atoms with Crippen LogP contribution in [0.15, 0.2) is 60.9 Å². The zero-order valence-electron chi connectivity index (χ0n) is 20.2. The standard InChI is InChI=1S/C26H32ClN3O5/c1-31-25-15-21(7-8-24(25)34-14-12-30-10-4-9-28-30)17-29-11-13-33-19-26(18-29,32-2)20-35-23-6-3-5-22(27)16-23/h3-10,15-16H,11-14,17-20H2,1-2H3/t26-/m1/s1. The van der Waals surface area contributed by atoms with E-state index in [2.05, 4.69) is 16.1 Å². The van der Waals surface area contributed by atoms with E-state index in [1.807, 2.05) is 47.3 Å². The SMILES string of the molecule is COc1cc(CN2CCOC[C@](COc3cccc(Cl)c3)(OC)C2)ccc1OCCn1cccn1. The summed E-state index contributed by atoms with van der Waals surface area (Å²) in [6, 6.07) is 15.3. The fourth-order valence-electron chi connectivity index (χ4n) is 4.03. The molecule has 1 aliphatic rings. The lowest BCUT2D eigenvalue weighted by molar-refractivity contribution is -0.0925. The summed E-state index contributed by atoms with van der Waals surface area (Å²) < 4.78 is 31.2. The summed E-state index contributed by atoms with van der Waals surface area (Å²) in [4.78, 5) is 2.31. The van der Waals surface area contributed by atoms with Crippen molar-refractivity contribution in [2.45, 2.75) is 18.7 Å². The van der Waals surface area contributed by atoms with Crippen LogP contribution in [0.3, 0.4) is 0 Å². The average molecular weight is 502 g/mol. The molecule has 1 aromatic heterocycles. The first kappa shape index (κ1) is 25.3. The van der Waals surface area contributed by atoms with E-state index in [0.717, 1.165) is 18.7 Å². The molecule has 1 saturated heterocycles. The Bertz CT molecular complexity index is 1060. The number of aromatic nitrogens is 2. The maximum absolute atomic E-state index is 6.09. The lowest BCUT2D eigenvalue weighted by atomic mass is 10.1. The van der Waals surface area contributed by atoms with E-state index in [0.29, 0.717) is 61.8 Å². The summed E-state index contributed by atoms with van der Waals surface area (Å²) >= 11 is 6.09. The number of nitrogens with zero attached hydrogens (tertiary/aromatic N) is 3. The predicted octanol–water partition coefficient (Wildman–Crippen LogP) is 3.92. The number of benzene rings is 2. The Morgan fingerprint density at radius 3 is 2.77 bits per heavy atom. The van der Waals surface area contributed by atoms with Gasteiger partial charge in [0.05, 0.1) is 26.9 Å². The highest BCUT2D eigenvalue weighted by Gasteiger charge is 2.36. The van der Waals surface area contributed by atoms with Crippen molar-refractivity contribution < 1.29 is 23.7 Å². The third-order valence-corrected chi connectivity index (χ3v) is 6.17. The van der Waals surface area contributed by atoms with Crippen LogP contribution in [0.1, 0.15) is 5.56 Å². The molecule has 0 saturated carbocycles. The van der Waals surface area contributed by atoms with Crippen LogP contribution in [0.2, 0.25) is 5.02 Å². The summed E-state index contributed by atoms with van der Waals surface area (Å²) in [5, 5.41) is 4.83. The Labute approximate surface area is 211 Å². The molecule has 2 aromatic carbocycles. The summed E-state index contributed by atoms with van der Waals surface area (Å²) in [6.45, 7) is 4.76. The summed E-state index contributed by atoms with van der Waals surface area (Å²) in [5.74, 6) is 2.12. The molecule has 3 aromatic rings. The molecule has 1 aliphatic heterocycles. The zero-order chi connectivity index (χ0) is 24.5. The lowest BCUT2D eigenvalue weighted by Gasteiger charge is -2.34. The minimum Gasteiger partial charge on any atom is -0.493 e. The van der Waals surface area contributed by atoms with Crippen LogP contribution in [0.5, 0.6) is 17.2 Å². The van der Waals surface area contributed by atoms with Gasteiger partial charge in [0.1, 0.15) is 24.6 Å². The molecule has 0 aliphatic carbocycles. The van der Waals surface area contributed by atoms with Gasteiger partial charge in [-0.05, 0) is 42.0 Å². The van der Waals surface area contributed by atoms with Crippen molar-refractivity contribution in [1.29, 1.82) is 0 Å². The molecule has 0 N–H and O–H groups in total. The van der Waals surface area contributed by atoms with Gasteiger partial charge in [0.15, 0.2) is 11.5 Å². The summed E-state index contributed by atoms with van der Waals surface area (Å²) in [6.07, 6.45) is 3.67. The average Bonchev–Trinajstić information content (AvgIpc) is 3.31. The Kier molecular flexibility index (Phi) is 8.87. The first-order valence-electron chi connectivity index (χ1n) is 11.6. The van der Waals surface area contributed by atoms with E-state index in [-0.39, 0.29) is 0 Å². The van der Waals surface area contributed by atoms with Crippen molar-refractivity contribution in [3.8, 4) is 17.2 Å². The van der Waals surface area contributed by atoms with Crippen LogP contribution in [0, 0.1) is 0 Å². The minimum absolute atomic E-state index is 0.354. The second-order valence-electron chi connectivity index (χ2n) is 8.50. The van der Waals surface area contributed by atoms with Crippen molar-refractivity contribution in [1.82, 2.24) is 14.7 Å². The van der Waals surface area contributed by atoms with Crippen molar-refractivity contribution in [2.24, 2.45) is 0 Å². The van der Waals surface area contributed by atoms with Crippen molar-refractivity contribution in [3.63, 3.8) is 0 Å². The molecule has 0 bridgehead atoms. The van der Waals surface area contributed by atoms with Gasteiger partial charge in [0.25, 0.3) is 0 Å². The number of rotatable bonds is 11. The monoisotopic (exact) mass is 501 g/mol. The Morgan fingerprint density at radius 2 is 2.00 bits per heavy atom. The second-order valence-corrected chi connectivity index (χ2v) is 8.94. The first-order valence-corrected chi connectivity index (χ1v) is 12.0. The first-order chi connectivity index (χ1) is 17.1. The Balaban J connectivity index is 1.38. The Hall–Kier alpha value is -2.78. The van der Waals surface area contributed by atoms with Crippen LogP contribution >= 0.6 is 11.6 Å². The van der Waals surface area contributed by atoms with E-state index in [9.17, 15) is 0 Å². The predicted molar refractivity (Wildman–Crippen MR) is 133 cm³/mol. The molecule has 35 heavy (non-hydrogen) atoms. The van der Waals surface area contributed by atoms with Gasteiger partial charge in [0.2, 0.25) is 0 Å². The molecule has 188 valence electrons. The molecule has 2 heterocycles. The van der Waals surface area contributed by atoms with E-state index in [1.54, 1.807) is 26.5 Å². The highest BCUT2D eigenvalue weighted by molar-refractivity contribution is 6.30. The molecular formula is C26H32ClN3O5. The lowest BCUT2D eigenvalue weighted by Crippen LogP contribution is -2.50. The molecule has 0 unspecified atom stereocenters. The van der Waals surface area contributed by atoms with Crippen LogP contribution < -0.4 is 14.2 Å². The molecule has 0 amide bonds.